The average Bonchev–Trinajstić information content (AvgIpc) is 2.83. The Morgan fingerprint density at radius 1 is 1.10 bits per heavy atom. The molecule has 2 N–H and O–H groups in total. The predicted molar refractivity (Wildman–Crippen MR) is 116 cm³/mol. The number of rotatable bonds is 5. The molecule has 2 aliphatic heterocycles. The lowest BCUT2D eigenvalue weighted by Crippen LogP contribution is -2.43. The first-order chi connectivity index (χ1) is 15.3. The van der Waals surface area contributed by atoms with Gasteiger partial charge in [0.1, 0.15) is 5.56 Å². The van der Waals surface area contributed by atoms with Gasteiger partial charge in [0.15, 0.2) is 6.73 Å². The van der Waals surface area contributed by atoms with E-state index in [9.17, 15) is 4.79 Å². The number of ether oxygens (including phenoxy) is 1. The summed E-state index contributed by atoms with van der Waals surface area (Å²) < 4.78 is 5.74. The molecule has 158 valence electrons. The fraction of sp³-hybridized carbons (Fsp3) is 0.273. The maximum Gasteiger partial charge on any atom is 0.263 e. The van der Waals surface area contributed by atoms with Gasteiger partial charge in [-0.15, -0.1) is 0 Å². The fourth-order valence-corrected chi connectivity index (χ4v) is 3.69. The monoisotopic (exact) mass is 417 g/mol. The lowest BCUT2D eigenvalue weighted by atomic mass is 10.2. The molecule has 1 amide bonds. The smallest absolute Gasteiger partial charge is 0.263 e. The highest BCUT2D eigenvalue weighted by atomic mass is 16.5. The Balaban J connectivity index is 1.26. The predicted octanol–water partition coefficient (Wildman–Crippen LogP) is 2.02. The molecule has 0 spiro atoms. The van der Waals surface area contributed by atoms with E-state index >= 15 is 0 Å². The zero-order valence-corrected chi connectivity index (χ0v) is 17.0. The first kappa shape index (κ1) is 19.3. The Morgan fingerprint density at radius 3 is 2.71 bits per heavy atom. The van der Waals surface area contributed by atoms with Crippen LogP contribution < -0.4 is 20.3 Å². The molecule has 0 aliphatic carbocycles. The van der Waals surface area contributed by atoms with Crippen molar-refractivity contribution in [1.82, 2.24) is 25.2 Å². The average molecular weight is 417 g/mol. The van der Waals surface area contributed by atoms with Crippen molar-refractivity contribution in [2.75, 3.05) is 43.1 Å². The zero-order chi connectivity index (χ0) is 21.0. The number of benzene rings is 1. The van der Waals surface area contributed by atoms with Gasteiger partial charge in [0.25, 0.3) is 5.91 Å². The number of hydrogen-bond donors (Lipinski definition) is 2. The van der Waals surface area contributed by atoms with Gasteiger partial charge in [-0.1, -0.05) is 6.07 Å². The minimum Gasteiger partial charge on any atom is -0.455 e. The molecule has 2 aromatic heterocycles. The molecule has 0 unspecified atom stereocenters. The van der Waals surface area contributed by atoms with E-state index in [0.29, 0.717) is 23.9 Å². The van der Waals surface area contributed by atoms with Crippen LogP contribution in [-0.2, 0) is 6.54 Å². The van der Waals surface area contributed by atoms with E-state index in [0.717, 1.165) is 37.4 Å². The summed E-state index contributed by atoms with van der Waals surface area (Å²) in [7, 11) is 0. The van der Waals surface area contributed by atoms with Crippen molar-refractivity contribution in [1.29, 1.82) is 0 Å². The molecule has 0 radical (unpaired) electrons. The first-order valence-electron chi connectivity index (χ1n) is 10.3. The summed E-state index contributed by atoms with van der Waals surface area (Å²) in [5, 5.41) is 6.54. The molecule has 1 aromatic carbocycles. The van der Waals surface area contributed by atoms with Gasteiger partial charge in [-0.2, -0.15) is 4.98 Å². The molecular weight excluding hydrogens is 394 g/mol. The van der Waals surface area contributed by atoms with Gasteiger partial charge in [-0.05, 0) is 35.9 Å². The van der Waals surface area contributed by atoms with E-state index in [-0.39, 0.29) is 12.6 Å². The second-order valence-electron chi connectivity index (χ2n) is 7.46. The standard InChI is InChI=1S/C22H23N7O2/c30-21-19-13-25-22(26-17-3-5-18(6-4-17)28-10-8-23-9-11-28)27-20(19)31-15-29(21)14-16-2-1-7-24-12-16/h1-7,12-13,23H,8-11,14-15H2,(H,25,26,27). The minimum absolute atomic E-state index is 0.135. The van der Waals surface area contributed by atoms with E-state index in [2.05, 4.69) is 42.6 Å². The summed E-state index contributed by atoms with van der Waals surface area (Å²) in [6, 6.07) is 11.9. The van der Waals surface area contributed by atoms with Crippen molar-refractivity contribution >= 4 is 23.2 Å². The molecule has 5 rings (SSSR count). The number of amides is 1. The highest BCUT2D eigenvalue weighted by molar-refractivity contribution is 5.97. The van der Waals surface area contributed by atoms with Gasteiger partial charge in [-0.3, -0.25) is 9.78 Å². The second-order valence-corrected chi connectivity index (χ2v) is 7.46. The molecule has 1 saturated heterocycles. The molecule has 2 aliphatic rings. The van der Waals surface area contributed by atoms with E-state index in [1.807, 2.05) is 24.3 Å². The third-order valence-electron chi connectivity index (χ3n) is 5.33. The van der Waals surface area contributed by atoms with Crippen LogP contribution in [0.1, 0.15) is 15.9 Å². The Labute approximate surface area is 180 Å². The number of piperazine rings is 1. The van der Waals surface area contributed by atoms with Gasteiger partial charge >= 0.3 is 0 Å². The largest absolute Gasteiger partial charge is 0.455 e. The van der Waals surface area contributed by atoms with Crippen LogP contribution in [0.2, 0.25) is 0 Å². The molecule has 31 heavy (non-hydrogen) atoms. The molecule has 0 atom stereocenters. The van der Waals surface area contributed by atoms with Gasteiger partial charge < -0.3 is 25.2 Å². The summed E-state index contributed by atoms with van der Waals surface area (Å²) in [6.45, 7) is 4.57. The number of carbonyl (C=O) groups is 1. The van der Waals surface area contributed by atoms with E-state index in [1.165, 1.54) is 11.9 Å². The summed E-state index contributed by atoms with van der Waals surface area (Å²) in [6.07, 6.45) is 4.95. The van der Waals surface area contributed by atoms with Crippen molar-refractivity contribution in [2.24, 2.45) is 0 Å². The van der Waals surface area contributed by atoms with Crippen molar-refractivity contribution in [3.63, 3.8) is 0 Å². The lowest BCUT2D eigenvalue weighted by molar-refractivity contribution is 0.0484. The number of anilines is 3. The fourth-order valence-electron chi connectivity index (χ4n) is 3.69. The van der Waals surface area contributed by atoms with Crippen LogP contribution in [0.5, 0.6) is 5.88 Å². The minimum atomic E-state index is -0.156. The molecule has 3 aromatic rings. The number of nitrogens with one attached hydrogen (secondary N) is 2. The van der Waals surface area contributed by atoms with Crippen molar-refractivity contribution in [2.45, 2.75) is 6.54 Å². The van der Waals surface area contributed by atoms with Gasteiger partial charge in [0, 0.05) is 56.1 Å². The molecule has 0 bridgehead atoms. The van der Waals surface area contributed by atoms with Crippen molar-refractivity contribution in [3.05, 3.63) is 66.1 Å². The Bertz CT molecular complexity index is 1050. The number of hydrogen-bond acceptors (Lipinski definition) is 8. The molecular formula is C22H23N7O2. The van der Waals surface area contributed by atoms with E-state index in [1.54, 1.807) is 17.3 Å². The quantitative estimate of drug-likeness (QED) is 0.651. The Morgan fingerprint density at radius 2 is 1.94 bits per heavy atom. The van der Waals surface area contributed by atoms with Crippen LogP contribution >= 0.6 is 0 Å². The third kappa shape index (κ3) is 4.26. The number of fused-ring (bicyclic) bond motifs is 1. The number of pyridine rings is 1. The SMILES string of the molecule is O=C1c2cnc(Nc3ccc(N4CCNCC4)cc3)nc2OCN1Cc1cccnc1. The van der Waals surface area contributed by atoms with Crippen LogP contribution in [0.3, 0.4) is 0 Å². The van der Waals surface area contributed by atoms with Crippen LogP contribution in [0.25, 0.3) is 0 Å². The molecule has 4 heterocycles. The highest BCUT2D eigenvalue weighted by Gasteiger charge is 2.28. The Hall–Kier alpha value is -3.72. The van der Waals surface area contributed by atoms with E-state index in [4.69, 9.17) is 4.74 Å². The summed E-state index contributed by atoms with van der Waals surface area (Å²) in [4.78, 5) is 29.5. The van der Waals surface area contributed by atoms with Crippen LogP contribution in [0.15, 0.2) is 55.0 Å². The normalized spacial score (nSPS) is 15.9. The first-order valence-corrected chi connectivity index (χ1v) is 10.3. The Kier molecular flexibility index (Phi) is 5.32. The number of nitrogens with zero attached hydrogens (tertiary/aromatic N) is 5. The summed E-state index contributed by atoms with van der Waals surface area (Å²) in [5.74, 6) is 0.529. The van der Waals surface area contributed by atoms with Crippen molar-refractivity contribution in [3.8, 4) is 5.88 Å². The molecule has 1 fully saturated rings. The summed E-state index contributed by atoms with van der Waals surface area (Å²) in [5.41, 5.74) is 3.36. The van der Waals surface area contributed by atoms with Gasteiger partial charge in [0.05, 0.1) is 6.54 Å². The molecule has 9 nitrogen and oxygen atoms in total. The highest BCUT2D eigenvalue weighted by Crippen LogP contribution is 2.26. The zero-order valence-electron chi connectivity index (χ0n) is 17.0. The second kappa shape index (κ2) is 8.57. The van der Waals surface area contributed by atoms with E-state index < -0.39 is 0 Å². The topological polar surface area (TPSA) is 95.5 Å². The molecule has 9 heteroatoms. The van der Waals surface area contributed by atoms with Crippen LogP contribution in [-0.4, -0.2) is 58.7 Å². The lowest BCUT2D eigenvalue weighted by Gasteiger charge is -2.29. The number of carbonyl (C=O) groups excluding carboxylic acids is 1. The molecule has 0 saturated carbocycles. The van der Waals surface area contributed by atoms with Gasteiger partial charge in [-0.25, -0.2) is 4.98 Å². The van der Waals surface area contributed by atoms with Gasteiger partial charge in [0.2, 0.25) is 11.8 Å². The van der Waals surface area contributed by atoms with Crippen LogP contribution in [0.4, 0.5) is 17.3 Å². The number of aromatic nitrogens is 3. The van der Waals surface area contributed by atoms with Crippen LogP contribution in [0, 0.1) is 0 Å². The maximum absolute atomic E-state index is 12.8. The maximum atomic E-state index is 12.8. The van der Waals surface area contributed by atoms with Crippen molar-refractivity contribution < 1.29 is 9.53 Å². The third-order valence-corrected chi connectivity index (χ3v) is 5.33. The summed E-state index contributed by atoms with van der Waals surface area (Å²) >= 11 is 0.